The molecule has 0 saturated carbocycles. The molecule has 134 valence electrons. The molecular weight excluding hydrogens is 370 g/mol. The summed E-state index contributed by atoms with van der Waals surface area (Å²) in [6, 6.07) is 14.8. The van der Waals surface area contributed by atoms with Crippen molar-refractivity contribution in [2.75, 3.05) is 13.1 Å². The van der Waals surface area contributed by atoms with Crippen LogP contribution in [-0.2, 0) is 11.2 Å². The largest absolute Gasteiger partial charge is 0.355 e. The number of para-hydroxylation sites is 1. The maximum atomic E-state index is 12.0. The predicted octanol–water partition coefficient (Wildman–Crippen LogP) is 3.43. The van der Waals surface area contributed by atoms with Gasteiger partial charge >= 0.3 is 0 Å². The molecule has 5 nitrogen and oxygen atoms in total. The Hall–Kier alpha value is -2.44. The molecule has 0 aliphatic carbocycles. The van der Waals surface area contributed by atoms with E-state index >= 15 is 0 Å². The number of carbonyl (C=O) groups excluding carboxylic acids is 2. The van der Waals surface area contributed by atoms with E-state index in [2.05, 4.69) is 21.7 Å². The molecule has 1 heterocycles. The van der Waals surface area contributed by atoms with E-state index in [0.717, 1.165) is 23.4 Å². The van der Waals surface area contributed by atoms with Gasteiger partial charge in [-0.3, -0.25) is 9.59 Å². The topological polar surface area (TPSA) is 71.1 Å². The van der Waals surface area contributed by atoms with Gasteiger partial charge in [0.1, 0.15) is 0 Å². The number of benzene rings is 2. The third-order valence-electron chi connectivity index (χ3n) is 3.76. The van der Waals surface area contributed by atoms with Gasteiger partial charge in [0.15, 0.2) is 0 Å². The van der Waals surface area contributed by atoms with Crippen molar-refractivity contribution in [1.29, 1.82) is 0 Å². The SMILES string of the molecule is O=C(CNC(=O)c1ccccc1Cl)NCCCc1nc2ccccc2s1. The van der Waals surface area contributed by atoms with Gasteiger partial charge in [0.05, 0.1) is 32.4 Å². The molecule has 2 N–H and O–H groups in total. The zero-order valence-corrected chi connectivity index (χ0v) is 15.6. The summed E-state index contributed by atoms with van der Waals surface area (Å²) >= 11 is 7.63. The minimum atomic E-state index is -0.361. The number of amides is 2. The maximum absolute atomic E-state index is 12.0. The number of thiazole rings is 1. The summed E-state index contributed by atoms with van der Waals surface area (Å²) < 4.78 is 1.17. The van der Waals surface area contributed by atoms with Gasteiger partial charge < -0.3 is 10.6 Å². The number of carbonyl (C=O) groups is 2. The average molecular weight is 388 g/mol. The van der Waals surface area contributed by atoms with E-state index in [1.165, 1.54) is 4.70 Å². The smallest absolute Gasteiger partial charge is 0.253 e. The van der Waals surface area contributed by atoms with Crippen LogP contribution in [0.2, 0.25) is 5.02 Å². The van der Waals surface area contributed by atoms with Gasteiger partial charge in [-0.2, -0.15) is 0 Å². The summed E-state index contributed by atoms with van der Waals surface area (Å²) in [5.74, 6) is -0.588. The molecule has 1 aromatic heterocycles. The molecule has 3 aromatic rings. The summed E-state index contributed by atoms with van der Waals surface area (Å²) in [5, 5.41) is 6.79. The first-order chi connectivity index (χ1) is 12.6. The summed E-state index contributed by atoms with van der Waals surface area (Å²) in [6.45, 7) is 0.460. The van der Waals surface area contributed by atoms with Crippen LogP contribution in [-0.4, -0.2) is 29.9 Å². The fourth-order valence-electron chi connectivity index (χ4n) is 2.46. The third-order valence-corrected chi connectivity index (χ3v) is 5.18. The fourth-order valence-corrected chi connectivity index (χ4v) is 3.69. The third kappa shape index (κ3) is 4.80. The van der Waals surface area contributed by atoms with E-state index in [1.54, 1.807) is 35.6 Å². The maximum Gasteiger partial charge on any atom is 0.253 e. The molecule has 0 aliphatic heterocycles. The summed E-state index contributed by atoms with van der Waals surface area (Å²) in [5.41, 5.74) is 1.37. The van der Waals surface area contributed by atoms with Crippen LogP contribution in [0.3, 0.4) is 0 Å². The van der Waals surface area contributed by atoms with Gasteiger partial charge in [0, 0.05) is 13.0 Å². The molecule has 0 unspecified atom stereocenters. The van der Waals surface area contributed by atoms with Crippen LogP contribution in [0.1, 0.15) is 21.8 Å². The average Bonchev–Trinajstić information content (AvgIpc) is 3.06. The molecular formula is C19H18ClN3O2S. The van der Waals surface area contributed by atoms with Gasteiger partial charge in [-0.15, -0.1) is 11.3 Å². The molecule has 2 amide bonds. The van der Waals surface area contributed by atoms with Gasteiger partial charge in [-0.05, 0) is 30.7 Å². The van der Waals surface area contributed by atoms with Crippen LogP contribution >= 0.6 is 22.9 Å². The lowest BCUT2D eigenvalue weighted by atomic mass is 10.2. The quantitative estimate of drug-likeness (QED) is 0.610. The minimum absolute atomic E-state index is 0.0782. The highest BCUT2D eigenvalue weighted by atomic mass is 35.5. The van der Waals surface area contributed by atoms with Crippen LogP contribution in [0.25, 0.3) is 10.2 Å². The number of fused-ring (bicyclic) bond motifs is 1. The lowest BCUT2D eigenvalue weighted by molar-refractivity contribution is -0.120. The Morgan fingerprint density at radius 1 is 1.04 bits per heavy atom. The number of aromatic nitrogens is 1. The summed E-state index contributed by atoms with van der Waals surface area (Å²) in [7, 11) is 0. The van der Waals surface area contributed by atoms with E-state index in [0.29, 0.717) is 17.1 Å². The Labute approximate surface area is 160 Å². The monoisotopic (exact) mass is 387 g/mol. The van der Waals surface area contributed by atoms with E-state index in [4.69, 9.17) is 11.6 Å². The molecule has 0 aliphatic rings. The molecule has 0 saturated heterocycles. The number of hydrogen-bond acceptors (Lipinski definition) is 4. The molecule has 7 heteroatoms. The number of halogens is 1. The summed E-state index contributed by atoms with van der Waals surface area (Å²) in [6.07, 6.45) is 1.61. The van der Waals surface area contributed by atoms with Crippen molar-refractivity contribution in [3.05, 3.63) is 64.1 Å². The molecule has 0 fully saturated rings. The molecule has 0 atom stereocenters. The Morgan fingerprint density at radius 2 is 1.81 bits per heavy atom. The number of nitrogens with zero attached hydrogens (tertiary/aromatic N) is 1. The zero-order valence-electron chi connectivity index (χ0n) is 14.0. The summed E-state index contributed by atoms with van der Waals surface area (Å²) in [4.78, 5) is 28.4. The van der Waals surface area contributed by atoms with Crippen LogP contribution in [0.4, 0.5) is 0 Å². The van der Waals surface area contributed by atoms with E-state index in [-0.39, 0.29) is 18.4 Å². The molecule has 3 rings (SSSR count). The van der Waals surface area contributed by atoms with Crippen molar-refractivity contribution in [1.82, 2.24) is 15.6 Å². The highest BCUT2D eigenvalue weighted by Crippen LogP contribution is 2.22. The Bertz CT molecular complexity index is 893. The van der Waals surface area contributed by atoms with Crippen molar-refractivity contribution in [3.63, 3.8) is 0 Å². The normalized spacial score (nSPS) is 10.7. The Balaban J connectivity index is 1.37. The number of nitrogens with one attached hydrogen (secondary N) is 2. The van der Waals surface area contributed by atoms with Crippen molar-refractivity contribution < 1.29 is 9.59 Å². The highest BCUT2D eigenvalue weighted by Gasteiger charge is 2.10. The standard InChI is InChI=1S/C19H18ClN3O2S/c20-14-7-2-1-6-13(14)19(25)22-12-17(24)21-11-5-10-18-23-15-8-3-4-9-16(15)26-18/h1-4,6-9H,5,10-12H2,(H,21,24)(H,22,25). The van der Waals surface area contributed by atoms with Crippen molar-refractivity contribution >= 4 is 45.0 Å². The Morgan fingerprint density at radius 3 is 2.62 bits per heavy atom. The van der Waals surface area contributed by atoms with E-state index in [1.807, 2.05) is 18.2 Å². The number of hydrogen-bond donors (Lipinski definition) is 2. The molecule has 0 radical (unpaired) electrons. The van der Waals surface area contributed by atoms with Gasteiger partial charge in [0.25, 0.3) is 5.91 Å². The predicted molar refractivity (Wildman–Crippen MR) is 105 cm³/mol. The lowest BCUT2D eigenvalue weighted by Crippen LogP contribution is -2.37. The second kappa shape index (κ2) is 8.78. The zero-order chi connectivity index (χ0) is 18.4. The number of rotatable bonds is 7. The molecule has 0 spiro atoms. The van der Waals surface area contributed by atoms with E-state index in [9.17, 15) is 9.59 Å². The van der Waals surface area contributed by atoms with Gasteiger partial charge in [0.2, 0.25) is 5.91 Å². The van der Waals surface area contributed by atoms with Crippen molar-refractivity contribution in [3.8, 4) is 0 Å². The first kappa shape index (κ1) is 18.4. The van der Waals surface area contributed by atoms with Crippen molar-refractivity contribution in [2.45, 2.75) is 12.8 Å². The van der Waals surface area contributed by atoms with Gasteiger partial charge in [-0.25, -0.2) is 4.98 Å². The minimum Gasteiger partial charge on any atom is -0.355 e. The fraction of sp³-hybridized carbons (Fsp3) is 0.211. The second-order valence-electron chi connectivity index (χ2n) is 5.69. The molecule has 26 heavy (non-hydrogen) atoms. The lowest BCUT2D eigenvalue weighted by Gasteiger charge is -2.07. The Kier molecular flexibility index (Phi) is 6.20. The first-order valence-corrected chi connectivity index (χ1v) is 9.47. The first-order valence-electron chi connectivity index (χ1n) is 8.27. The van der Waals surface area contributed by atoms with Gasteiger partial charge in [-0.1, -0.05) is 35.9 Å². The molecule has 0 bridgehead atoms. The van der Waals surface area contributed by atoms with E-state index < -0.39 is 0 Å². The van der Waals surface area contributed by atoms with Crippen molar-refractivity contribution in [2.24, 2.45) is 0 Å². The number of aryl methyl sites for hydroxylation is 1. The van der Waals surface area contributed by atoms with Crippen LogP contribution in [0, 0.1) is 0 Å². The molecule has 2 aromatic carbocycles. The van der Waals surface area contributed by atoms with Crippen LogP contribution in [0.5, 0.6) is 0 Å². The second-order valence-corrected chi connectivity index (χ2v) is 7.21. The van der Waals surface area contributed by atoms with Crippen LogP contribution in [0.15, 0.2) is 48.5 Å². The highest BCUT2D eigenvalue weighted by molar-refractivity contribution is 7.18. The van der Waals surface area contributed by atoms with Crippen LogP contribution < -0.4 is 10.6 Å².